The maximum atomic E-state index is 12.5. The number of allylic oxidation sites excluding steroid dienone is 1. The molecule has 0 unspecified atom stereocenters. The molecule has 1 aromatic heterocycles. The third kappa shape index (κ3) is 5.00. The second-order valence-corrected chi connectivity index (χ2v) is 7.41. The lowest BCUT2D eigenvalue weighted by atomic mass is 10.2. The van der Waals surface area contributed by atoms with Gasteiger partial charge in [0.2, 0.25) is 0 Å². The molecule has 27 heavy (non-hydrogen) atoms. The fraction of sp³-hybridized carbons (Fsp3) is 0.136. The topological polar surface area (TPSA) is 38.3 Å². The molecule has 0 saturated heterocycles. The molecule has 0 aliphatic carbocycles. The minimum Gasteiger partial charge on any atom is -0.488 e. The molecule has 0 spiro atoms. The van der Waals surface area contributed by atoms with E-state index in [0.717, 1.165) is 28.1 Å². The first-order valence-electron chi connectivity index (χ1n) is 8.56. The van der Waals surface area contributed by atoms with E-state index in [0.29, 0.717) is 16.5 Å². The number of hydrogen-bond acceptors (Lipinski definition) is 3. The predicted molar refractivity (Wildman–Crippen MR) is 114 cm³/mol. The number of halogens is 1. The predicted octanol–water partition coefficient (Wildman–Crippen LogP) is 6.57. The molecule has 138 valence electrons. The molecule has 5 heteroatoms. The first-order chi connectivity index (χ1) is 13.1. The molecule has 0 fully saturated rings. The van der Waals surface area contributed by atoms with Gasteiger partial charge in [0, 0.05) is 21.8 Å². The lowest BCUT2D eigenvalue weighted by molar-refractivity contribution is 0.103. The van der Waals surface area contributed by atoms with Gasteiger partial charge in [0.25, 0.3) is 5.91 Å². The lowest BCUT2D eigenvalue weighted by Crippen LogP contribution is -2.11. The van der Waals surface area contributed by atoms with Crippen molar-refractivity contribution < 1.29 is 9.53 Å². The summed E-state index contributed by atoms with van der Waals surface area (Å²) in [5.41, 5.74) is 3.68. The van der Waals surface area contributed by atoms with Crippen LogP contribution in [0.1, 0.15) is 33.3 Å². The van der Waals surface area contributed by atoms with E-state index in [4.69, 9.17) is 16.3 Å². The van der Waals surface area contributed by atoms with Crippen LogP contribution < -0.4 is 10.1 Å². The van der Waals surface area contributed by atoms with Crippen LogP contribution in [-0.4, -0.2) is 5.91 Å². The zero-order valence-electron chi connectivity index (χ0n) is 15.2. The summed E-state index contributed by atoms with van der Waals surface area (Å²) in [5.74, 6) is 0.674. The number of para-hydroxylation sites is 1. The molecule has 1 N–H and O–H groups in total. The van der Waals surface area contributed by atoms with E-state index in [9.17, 15) is 4.79 Å². The van der Waals surface area contributed by atoms with Crippen molar-refractivity contribution in [2.45, 2.75) is 20.5 Å². The molecular weight excluding hydrogens is 378 g/mol. The molecule has 1 heterocycles. The summed E-state index contributed by atoms with van der Waals surface area (Å²) in [6, 6.07) is 15.2. The number of hydrogen-bond donors (Lipinski definition) is 1. The number of thiophene rings is 1. The number of amides is 1. The van der Waals surface area contributed by atoms with Gasteiger partial charge in [0.1, 0.15) is 12.4 Å². The molecule has 3 nitrogen and oxygen atoms in total. The molecular formula is C22H20ClNO2S. The van der Waals surface area contributed by atoms with E-state index in [1.807, 2.05) is 67.8 Å². The summed E-state index contributed by atoms with van der Waals surface area (Å²) < 4.78 is 5.93. The van der Waals surface area contributed by atoms with E-state index in [2.05, 4.69) is 5.32 Å². The van der Waals surface area contributed by atoms with E-state index >= 15 is 0 Å². The summed E-state index contributed by atoms with van der Waals surface area (Å²) in [6.45, 7) is 4.32. The molecule has 0 saturated carbocycles. The maximum Gasteiger partial charge on any atom is 0.265 e. The van der Waals surface area contributed by atoms with Crippen LogP contribution in [0.3, 0.4) is 0 Å². The number of rotatable bonds is 6. The Bertz CT molecular complexity index is 978. The van der Waals surface area contributed by atoms with Gasteiger partial charge in [-0.3, -0.25) is 4.79 Å². The summed E-state index contributed by atoms with van der Waals surface area (Å²) in [4.78, 5) is 13.1. The number of anilines is 1. The van der Waals surface area contributed by atoms with Crippen LogP contribution in [0.5, 0.6) is 5.75 Å². The van der Waals surface area contributed by atoms with Gasteiger partial charge in [-0.2, -0.15) is 0 Å². The van der Waals surface area contributed by atoms with Crippen LogP contribution in [0, 0.1) is 6.92 Å². The minimum atomic E-state index is -0.147. The molecule has 3 rings (SSSR count). The van der Waals surface area contributed by atoms with E-state index in [1.165, 1.54) is 11.3 Å². The van der Waals surface area contributed by atoms with Crippen LogP contribution in [0.4, 0.5) is 5.69 Å². The van der Waals surface area contributed by atoms with Gasteiger partial charge >= 0.3 is 0 Å². The fourth-order valence-corrected chi connectivity index (χ4v) is 3.54. The van der Waals surface area contributed by atoms with E-state index < -0.39 is 0 Å². The Hall–Kier alpha value is -2.56. The summed E-state index contributed by atoms with van der Waals surface area (Å²) in [7, 11) is 0. The highest BCUT2D eigenvalue weighted by atomic mass is 35.5. The number of carbonyl (C=O) groups is 1. The molecule has 1 amide bonds. The zero-order valence-corrected chi connectivity index (χ0v) is 16.7. The largest absolute Gasteiger partial charge is 0.488 e. The van der Waals surface area contributed by atoms with Crippen LogP contribution in [-0.2, 0) is 6.61 Å². The molecule has 0 aliphatic heterocycles. The third-order valence-corrected chi connectivity index (χ3v) is 5.20. The normalized spacial score (nSPS) is 10.9. The number of carbonyl (C=O) groups excluding carboxylic acids is 1. The first-order valence-corrected chi connectivity index (χ1v) is 9.82. The number of benzene rings is 2. The zero-order chi connectivity index (χ0) is 19.2. The highest BCUT2D eigenvalue weighted by Gasteiger charge is 2.12. The van der Waals surface area contributed by atoms with E-state index in [-0.39, 0.29) is 5.91 Å². The van der Waals surface area contributed by atoms with Crippen molar-refractivity contribution >= 4 is 40.6 Å². The third-order valence-electron chi connectivity index (χ3n) is 3.98. The van der Waals surface area contributed by atoms with Gasteiger partial charge in [-0.05, 0) is 49.1 Å². The van der Waals surface area contributed by atoms with Crippen LogP contribution in [0.2, 0.25) is 5.02 Å². The number of ether oxygens (including phenoxy) is 1. The Labute approximate surface area is 168 Å². The Balaban J connectivity index is 1.66. The second-order valence-electron chi connectivity index (χ2n) is 6.06. The Kier molecular flexibility index (Phi) is 6.32. The average Bonchev–Trinajstić information content (AvgIpc) is 3.13. The maximum absolute atomic E-state index is 12.5. The summed E-state index contributed by atoms with van der Waals surface area (Å²) in [5, 5.41) is 5.45. The molecule has 0 bridgehead atoms. The van der Waals surface area contributed by atoms with Crippen molar-refractivity contribution in [2.75, 3.05) is 5.32 Å². The summed E-state index contributed by atoms with van der Waals surface area (Å²) >= 11 is 7.41. The van der Waals surface area contributed by atoms with Crippen molar-refractivity contribution in [3.8, 4) is 5.75 Å². The Morgan fingerprint density at radius 1 is 1.22 bits per heavy atom. The van der Waals surface area contributed by atoms with Crippen molar-refractivity contribution in [2.24, 2.45) is 0 Å². The van der Waals surface area contributed by atoms with Crippen LogP contribution in [0.25, 0.3) is 6.08 Å². The Morgan fingerprint density at radius 3 is 2.85 bits per heavy atom. The van der Waals surface area contributed by atoms with Crippen LogP contribution >= 0.6 is 22.9 Å². The van der Waals surface area contributed by atoms with Crippen LogP contribution in [0.15, 0.2) is 60.0 Å². The lowest BCUT2D eigenvalue weighted by Gasteiger charge is -2.08. The average molecular weight is 398 g/mol. The number of nitrogens with one attached hydrogen (secondary N) is 1. The quantitative estimate of drug-likeness (QED) is 0.510. The SMILES string of the molecule is C/C=C/c1ccccc1OCc1csc(C(=O)Nc2cc(Cl)ccc2C)c1. The summed E-state index contributed by atoms with van der Waals surface area (Å²) in [6.07, 6.45) is 3.99. The smallest absolute Gasteiger partial charge is 0.265 e. The molecule has 0 atom stereocenters. The van der Waals surface area contributed by atoms with Gasteiger partial charge in [-0.25, -0.2) is 0 Å². The number of aryl methyl sites for hydroxylation is 1. The van der Waals surface area contributed by atoms with Gasteiger partial charge < -0.3 is 10.1 Å². The van der Waals surface area contributed by atoms with Crippen molar-refractivity contribution in [1.82, 2.24) is 0 Å². The van der Waals surface area contributed by atoms with Crippen molar-refractivity contribution in [3.63, 3.8) is 0 Å². The van der Waals surface area contributed by atoms with Gasteiger partial charge in [-0.15, -0.1) is 11.3 Å². The van der Waals surface area contributed by atoms with Gasteiger partial charge in [0.15, 0.2) is 0 Å². The first kappa shape index (κ1) is 19.2. The standard InChI is InChI=1S/C22H20ClNO2S/c1-3-6-17-7-4-5-8-20(17)26-13-16-11-21(27-14-16)22(25)24-19-12-18(23)10-9-15(19)2/h3-12,14H,13H2,1-2H3,(H,24,25)/b6-3+. The monoisotopic (exact) mass is 397 g/mol. The molecule has 3 aromatic rings. The highest BCUT2D eigenvalue weighted by molar-refractivity contribution is 7.12. The molecule has 0 radical (unpaired) electrons. The Morgan fingerprint density at radius 2 is 2.04 bits per heavy atom. The van der Waals surface area contributed by atoms with Crippen molar-refractivity contribution in [3.05, 3.63) is 86.6 Å². The van der Waals surface area contributed by atoms with Crippen molar-refractivity contribution in [1.29, 1.82) is 0 Å². The van der Waals surface area contributed by atoms with E-state index in [1.54, 1.807) is 12.1 Å². The van der Waals surface area contributed by atoms with Gasteiger partial charge in [0.05, 0.1) is 4.88 Å². The molecule has 2 aromatic carbocycles. The second kappa shape index (κ2) is 8.89. The fourth-order valence-electron chi connectivity index (χ4n) is 2.57. The van der Waals surface area contributed by atoms with Gasteiger partial charge in [-0.1, -0.05) is 48.0 Å². The molecule has 0 aliphatic rings. The minimum absolute atomic E-state index is 0.147. The highest BCUT2D eigenvalue weighted by Crippen LogP contribution is 2.24.